The smallest absolute Gasteiger partial charge is 0.252 e. The number of hydrogen-bond acceptors (Lipinski definition) is 3. The van der Waals surface area contributed by atoms with Crippen LogP contribution in [-0.2, 0) is 4.79 Å². The van der Waals surface area contributed by atoms with Gasteiger partial charge in [0.05, 0.1) is 18.2 Å². The highest BCUT2D eigenvalue weighted by Crippen LogP contribution is 2.24. The summed E-state index contributed by atoms with van der Waals surface area (Å²) in [5, 5.41) is 15.0. The second-order valence-corrected chi connectivity index (χ2v) is 6.08. The third-order valence-electron chi connectivity index (χ3n) is 3.71. The van der Waals surface area contributed by atoms with Gasteiger partial charge in [0.15, 0.2) is 0 Å². The minimum Gasteiger partial charge on any atom is -0.393 e. The lowest BCUT2D eigenvalue weighted by molar-refractivity contribution is -0.120. The van der Waals surface area contributed by atoms with Crippen molar-refractivity contribution in [3.63, 3.8) is 0 Å². The van der Waals surface area contributed by atoms with E-state index in [4.69, 9.17) is 0 Å². The Morgan fingerprint density at radius 1 is 1.24 bits per heavy atom. The van der Waals surface area contributed by atoms with Gasteiger partial charge in [-0.2, -0.15) is 0 Å². The van der Waals surface area contributed by atoms with E-state index in [9.17, 15) is 14.7 Å². The molecule has 2 atom stereocenters. The molecule has 0 radical (unpaired) electrons. The number of hydrogen-bond donors (Lipinski definition) is 3. The molecule has 2 amide bonds. The normalized spacial score (nSPS) is 21.0. The summed E-state index contributed by atoms with van der Waals surface area (Å²) in [6, 6.07) is 7.05. The van der Waals surface area contributed by atoms with Crippen LogP contribution >= 0.6 is 15.9 Å². The zero-order valence-electron chi connectivity index (χ0n) is 11.6. The number of nitrogens with one attached hydrogen (secondary N) is 2. The topological polar surface area (TPSA) is 78.4 Å². The van der Waals surface area contributed by atoms with Crippen LogP contribution in [0.25, 0.3) is 0 Å². The van der Waals surface area contributed by atoms with Crippen molar-refractivity contribution in [1.82, 2.24) is 10.6 Å². The molecule has 1 aromatic rings. The van der Waals surface area contributed by atoms with E-state index >= 15 is 0 Å². The van der Waals surface area contributed by atoms with Crippen molar-refractivity contribution >= 4 is 27.7 Å². The van der Waals surface area contributed by atoms with Gasteiger partial charge in [0.2, 0.25) is 5.91 Å². The lowest BCUT2D eigenvalue weighted by Crippen LogP contribution is -2.40. The molecule has 21 heavy (non-hydrogen) atoms. The zero-order valence-corrected chi connectivity index (χ0v) is 13.2. The van der Waals surface area contributed by atoms with Gasteiger partial charge in [0, 0.05) is 16.9 Å². The summed E-state index contributed by atoms with van der Waals surface area (Å²) in [6.07, 6.45) is 2.42. The van der Waals surface area contributed by atoms with Gasteiger partial charge >= 0.3 is 0 Å². The molecule has 0 spiro atoms. The van der Waals surface area contributed by atoms with E-state index in [1.807, 2.05) is 6.07 Å². The summed E-state index contributed by atoms with van der Waals surface area (Å²) in [5.41, 5.74) is 0.497. The SMILES string of the molecule is O=C(CNC(=O)c1ccccc1Br)NCC1CCCC1O. The summed E-state index contributed by atoms with van der Waals surface area (Å²) in [7, 11) is 0. The lowest BCUT2D eigenvalue weighted by atomic mass is 10.1. The molecule has 3 N–H and O–H groups in total. The average Bonchev–Trinajstić information content (AvgIpc) is 2.88. The van der Waals surface area contributed by atoms with Crippen molar-refractivity contribution in [2.24, 2.45) is 5.92 Å². The van der Waals surface area contributed by atoms with Gasteiger partial charge in [-0.15, -0.1) is 0 Å². The van der Waals surface area contributed by atoms with E-state index in [1.165, 1.54) is 0 Å². The summed E-state index contributed by atoms with van der Waals surface area (Å²) >= 11 is 3.30. The van der Waals surface area contributed by atoms with E-state index in [-0.39, 0.29) is 30.4 Å². The minimum absolute atomic E-state index is 0.0665. The molecule has 114 valence electrons. The minimum atomic E-state index is -0.319. The highest BCUT2D eigenvalue weighted by Gasteiger charge is 2.25. The Morgan fingerprint density at radius 2 is 2.00 bits per heavy atom. The number of halogens is 1. The first-order valence-corrected chi connectivity index (χ1v) is 7.84. The Kier molecular flexibility index (Phi) is 5.76. The van der Waals surface area contributed by atoms with Gasteiger partial charge < -0.3 is 15.7 Å². The van der Waals surface area contributed by atoms with E-state index in [0.29, 0.717) is 16.6 Å². The second kappa shape index (κ2) is 7.56. The van der Waals surface area contributed by atoms with Gasteiger partial charge in [-0.3, -0.25) is 9.59 Å². The molecule has 1 aliphatic carbocycles. The van der Waals surface area contributed by atoms with Crippen LogP contribution in [0.1, 0.15) is 29.6 Å². The number of carbonyl (C=O) groups excluding carboxylic acids is 2. The molecule has 2 rings (SSSR count). The van der Waals surface area contributed by atoms with Gasteiger partial charge in [-0.25, -0.2) is 0 Å². The van der Waals surface area contributed by atoms with Crippen LogP contribution < -0.4 is 10.6 Å². The van der Waals surface area contributed by atoms with Crippen LogP contribution in [0, 0.1) is 5.92 Å². The highest BCUT2D eigenvalue weighted by molar-refractivity contribution is 9.10. The number of carbonyl (C=O) groups is 2. The molecule has 2 unspecified atom stereocenters. The van der Waals surface area contributed by atoms with Crippen LogP contribution in [0.5, 0.6) is 0 Å². The van der Waals surface area contributed by atoms with Gasteiger partial charge in [-0.05, 0) is 40.9 Å². The Balaban J connectivity index is 1.74. The predicted molar refractivity (Wildman–Crippen MR) is 82.8 cm³/mol. The molecular weight excluding hydrogens is 336 g/mol. The fourth-order valence-corrected chi connectivity index (χ4v) is 2.93. The van der Waals surface area contributed by atoms with Crippen molar-refractivity contribution < 1.29 is 14.7 Å². The fraction of sp³-hybridized carbons (Fsp3) is 0.467. The first kappa shape index (κ1) is 16.0. The summed E-state index contributed by atoms with van der Waals surface area (Å²) in [5.74, 6) is -0.402. The zero-order chi connectivity index (χ0) is 15.2. The van der Waals surface area contributed by atoms with Gasteiger partial charge in [0.1, 0.15) is 0 Å². The highest BCUT2D eigenvalue weighted by atomic mass is 79.9. The number of aliphatic hydroxyl groups excluding tert-OH is 1. The first-order chi connectivity index (χ1) is 10.1. The summed E-state index contributed by atoms with van der Waals surface area (Å²) in [4.78, 5) is 23.6. The maximum atomic E-state index is 11.9. The molecule has 5 nitrogen and oxygen atoms in total. The van der Waals surface area contributed by atoms with Crippen molar-refractivity contribution in [3.05, 3.63) is 34.3 Å². The van der Waals surface area contributed by atoms with Gasteiger partial charge in [-0.1, -0.05) is 18.6 Å². The van der Waals surface area contributed by atoms with E-state index in [0.717, 1.165) is 19.3 Å². The fourth-order valence-electron chi connectivity index (χ4n) is 2.46. The van der Waals surface area contributed by atoms with Crippen LogP contribution in [0.4, 0.5) is 0 Å². The van der Waals surface area contributed by atoms with Crippen molar-refractivity contribution in [2.45, 2.75) is 25.4 Å². The Labute approximate surface area is 132 Å². The van der Waals surface area contributed by atoms with E-state index in [2.05, 4.69) is 26.6 Å². The monoisotopic (exact) mass is 354 g/mol. The maximum Gasteiger partial charge on any atom is 0.252 e. The largest absolute Gasteiger partial charge is 0.393 e. The molecule has 1 aromatic carbocycles. The average molecular weight is 355 g/mol. The van der Waals surface area contributed by atoms with Crippen molar-refractivity contribution in [3.8, 4) is 0 Å². The molecule has 0 heterocycles. The predicted octanol–water partition coefficient (Wildman–Crippen LogP) is 1.46. The third kappa shape index (κ3) is 4.54. The summed E-state index contributed by atoms with van der Waals surface area (Å²) < 4.78 is 0.692. The third-order valence-corrected chi connectivity index (χ3v) is 4.40. The number of amides is 2. The number of benzene rings is 1. The molecular formula is C15H19BrN2O3. The van der Waals surface area contributed by atoms with Crippen molar-refractivity contribution in [1.29, 1.82) is 0 Å². The van der Waals surface area contributed by atoms with Crippen LogP contribution in [0.2, 0.25) is 0 Å². The lowest BCUT2D eigenvalue weighted by Gasteiger charge is -2.15. The molecule has 0 bridgehead atoms. The quantitative estimate of drug-likeness (QED) is 0.748. The summed E-state index contributed by atoms with van der Waals surface area (Å²) in [6.45, 7) is 0.397. The van der Waals surface area contributed by atoms with Gasteiger partial charge in [0.25, 0.3) is 5.91 Å². The molecule has 0 saturated heterocycles. The molecule has 1 saturated carbocycles. The molecule has 1 fully saturated rings. The van der Waals surface area contributed by atoms with E-state index < -0.39 is 0 Å². The second-order valence-electron chi connectivity index (χ2n) is 5.22. The van der Waals surface area contributed by atoms with E-state index in [1.54, 1.807) is 18.2 Å². The Bertz CT molecular complexity index is 521. The molecule has 1 aliphatic rings. The molecule has 0 aromatic heterocycles. The molecule has 0 aliphatic heterocycles. The van der Waals surface area contributed by atoms with Crippen LogP contribution in [0.3, 0.4) is 0 Å². The Morgan fingerprint density at radius 3 is 2.67 bits per heavy atom. The maximum absolute atomic E-state index is 11.9. The standard InChI is InChI=1S/C15H19BrN2O3/c16-12-6-2-1-5-11(12)15(21)18-9-14(20)17-8-10-4-3-7-13(10)19/h1-2,5-6,10,13,19H,3-4,7-9H2,(H,17,20)(H,18,21). The number of rotatable bonds is 5. The van der Waals surface area contributed by atoms with Crippen molar-refractivity contribution in [2.75, 3.05) is 13.1 Å². The van der Waals surface area contributed by atoms with Crippen LogP contribution in [0.15, 0.2) is 28.7 Å². The molecule has 6 heteroatoms. The number of aliphatic hydroxyl groups is 1. The van der Waals surface area contributed by atoms with Crippen LogP contribution in [-0.4, -0.2) is 36.1 Å². The Hall–Kier alpha value is -1.40. The first-order valence-electron chi connectivity index (χ1n) is 7.05.